The average Bonchev–Trinajstić information content (AvgIpc) is 2.50. The first-order valence-electron chi connectivity index (χ1n) is 5.86. The third kappa shape index (κ3) is 1.47. The standard InChI is InChI=1S/C12H18N2O2/c1-4-15-12-11(8-13,7-10(3)16-12)6-5-9(2)14-12/h10H,4-7H2,1-3H3. The van der Waals surface area contributed by atoms with E-state index in [0.29, 0.717) is 13.0 Å². The van der Waals surface area contributed by atoms with Crippen molar-refractivity contribution in [1.29, 1.82) is 5.26 Å². The monoisotopic (exact) mass is 222 g/mol. The van der Waals surface area contributed by atoms with E-state index in [9.17, 15) is 5.26 Å². The SMILES string of the molecule is CCOC12N=C(C)CCC1(C#N)CC(C)O2. The molecule has 0 amide bonds. The van der Waals surface area contributed by atoms with Crippen molar-refractivity contribution in [2.75, 3.05) is 6.61 Å². The fourth-order valence-electron chi connectivity index (χ4n) is 2.71. The summed E-state index contributed by atoms with van der Waals surface area (Å²) in [6.45, 7) is 6.35. The zero-order valence-corrected chi connectivity index (χ0v) is 10.1. The second-order valence-electron chi connectivity index (χ2n) is 4.69. The van der Waals surface area contributed by atoms with E-state index in [1.54, 1.807) is 0 Å². The van der Waals surface area contributed by atoms with Gasteiger partial charge in [-0.2, -0.15) is 5.26 Å². The van der Waals surface area contributed by atoms with Gasteiger partial charge >= 0.3 is 0 Å². The molecule has 0 bridgehead atoms. The maximum atomic E-state index is 9.47. The number of aliphatic imine (C=N–C) groups is 1. The Morgan fingerprint density at radius 3 is 3.06 bits per heavy atom. The molecule has 88 valence electrons. The predicted molar refractivity (Wildman–Crippen MR) is 59.9 cm³/mol. The lowest BCUT2D eigenvalue weighted by molar-refractivity contribution is -0.253. The summed E-state index contributed by atoms with van der Waals surface area (Å²) < 4.78 is 11.5. The molecule has 0 aromatic rings. The van der Waals surface area contributed by atoms with Crippen molar-refractivity contribution in [2.24, 2.45) is 10.4 Å². The van der Waals surface area contributed by atoms with Crippen LogP contribution in [0.2, 0.25) is 0 Å². The Morgan fingerprint density at radius 2 is 2.44 bits per heavy atom. The van der Waals surface area contributed by atoms with E-state index in [2.05, 4.69) is 11.1 Å². The summed E-state index contributed by atoms with van der Waals surface area (Å²) in [5.41, 5.74) is 0.413. The number of fused-ring (bicyclic) bond motifs is 1. The topological polar surface area (TPSA) is 54.6 Å². The molecule has 1 fully saturated rings. The van der Waals surface area contributed by atoms with Crippen LogP contribution < -0.4 is 0 Å². The quantitative estimate of drug-likeness (QED) is 0.720. The van der Waals surface area contributed by atoms with Gasteiger partial charge < -0.3 is 9.47 Å². The van der Waals surface area contributed by atoms with Gasteiger partial charge in [-0.05, 0) is 40.0 Å². The Labute approximate surface area is 96.3 Å². The van der Waals surface area contributed by atoms with Gasteiger partial charge in [-0.3, -0.25) is 0 Å². The van der Waals surface area contributed by atoms with Crippen LogP contribution in [0.3, 0.4) is 0 Å². The molecule has 0 aromatic heterocycles. The Kier molecular flexibility index (Phi) is 2.77. The summed E-state index contributed by atoms with van der Waals surface area (Å²) >= 11 is 0. The smallest absolute Gasteiger partial charge is 0.289 e. The van der Waals surface area contributed by atoms with Crippen molar-refractivity contribution in [3.8, 4) is 6.07 Å². The lowest BCUT2D eigenvalue weighted by Crippen LogP contribution is -2.48. The van der Waals surface area contributed by atoms with Gasteiger partial charge in [-0.1, -0.05) is 0 Å². The van der Waals surface area contributed by atoms with E-state index in [4.69, 9.17) is 9.47 Å². The molecule has 3 unspecified atom stereocenters. The Morgan fingerprint density at radius 1 is 1.69 bits per heavy atom. The molecule has 0 N–H and O–H groups in total. The highest BCUT2D eigenvalue weighted by atomic mass is 16.7. The van der Waals surface area contributed by atoms with Gasteiger partial charge in [0.1, 0.15) is 5.41 Å². The minimum Gasteiger partial charge on any atom is -0.331 e. The number of nitrogens with zero attached hydrogens (tertiary/aromatic N) is 2. The maximum absolute atomic E-state index is 9.47. The Bertz CT molecular complexity index is 361. The molecule has 2 rings (SSSR count). The third-order valence-electron chi connectivity index (χ3n) is 3.41. The average molecular weight is 222 g/mol. The molecular weight excluding hydrogens is 204 g/mol. The molecule has 0 saturated carbocycles. The van der Waals surface area contributed by atoms with Crippen LogP contribution in [0, 0.1) is 16.7 Å². The van der Waals surface area contributed by atoms with Crippen LogP contribution in [0.15, 0.2) is 4.99 Å². The summed E-state index contributed by atoms with van der Waals surface area (Å²) in [5, 5.41) is 9.47. The number of rotatable bonds is 2. The number of hydrogen-bond donors (Lipinski definition) is 0. The minimum atomic E-state index is -1.04. The van der Waals surface area contributed by atoms with Crippen LogP contribution in [0.4, 0.5) is 0 Å². The van der Waals surface area contributed by atoms with Crippen LogP contribution in [-0.2, 0) is 9.47 Å². The lowest BCUT2D eigenvalue weighted by Gasteiger charge is -2.39. The molecule has 1 saturated heterocycles. The molecule has 0 spiro atoms. The predicted octanol–water partition coefficient (Wildman–Crippen LogP) is 2.25. The highest BCUT2D eigenvalue weighted by molar-refractivity contribution is 5.83. The van der Waals surface area contributed by atoms with E-state index in [1.165, 1.54) is 0 Å². The maximum Gasteiger partial charge on any atom is 0.289 e. The molecule has 16 heavy (non-hydrogen) atoms. The zero-order valence-electron chi connectivity index (χ0n) is 10.1. The normalized spacial score (nSPS) is 42.4. The van der Waals surface area contributed by atoms with Crippen LogP contribution in [0.25, 0.3) is 0 Å². The number of hydrogen-bond acceptors (Lipinski definition) is 4. The molecule has 3 atom stereocenters. The fourth-order valence-corrected chi connectivity index (χ4v) is 2.71. The summed E-state index contributed by atoms with van der Waals surface area (Å²) in [6, 6.07) is 2.40. The molecule has 4 heteroatoms. The van der Waals surface area contributed by atoms with E-state index in [-0.39, 0.29) is 6.10 Å². The first-order valence-corrected chi connectivity index (χ1v) is 5.86. The molecule has 4 nitrogen and oxygen atoms in total. The lowest BCUT2D eigenvalue weighted by atomic mass is 9.76. The van der Waals surface area contributed by atoms with Gasteiger partial charge in [0.2, 0.25) is 0 Å². The van der Waals surface area contributed by atoms with Gasteiger partial charge in [0, 0.05) is 12.3 Å². The Balaban J connectivity index is 2.45. The molecule has 2 aliphatic rings. The van der Waals surface area contributed by atoms with Crippen molar-refractivity contribution in [3.63, 3.8) is 0 Å². The van der Waals surface area contributed by atoms with Crippen molar-refractivity contribution >= 4 is 5.71 Å². The zero-order chi connectivity index (χ0) is 11.8. The van der Waals surface area contributed by atoms with Crippen LogP contribution >= 0.6 is 0 Å². The second-order valence-corrected chi connectivity index (χ2v) is 4.69. The van der Waals surface area contributed by atoms with Gasteiger partial charge in [0.15, 0.2) is 0 Å². The number of ether oxygens (including phenoxy) is 2. The van der Waals surface area contributed by atoms with Crippen molar-refractivity contribution in [3.05, 3.63) is 0 Å². The van der Waals surface area contributed by atoms with Crippen molar-refractivity contribution in [1.82, 2.24) is 0 Å². The molecule has 2 aliphatic heterocycles. The van der Waals surface area contributed by atoms with Crippen molar-refractivity contribution in [2.45, 2.75) is 52.0 Å². The largest absolute Gasteiger partial charge is 0.331 e. The highest BCUT2D eigenvalue weighted by Crippen LogP contribution is 2.53. The summed E-state index contributed by atoms with van der Waals surface area (Å²) in [6.07, 6.45) is 2.38. The van der Waals surface area contributed by atoms with Crippen LogP contribution in [-0.4, -0.2) is 24.3 Å². The molecular formula is C12H18N2O2. The molecule has 0 radical (unpaired) electrons. The van der Waals surface area contributed by atoms with Gasteiger partial charge in [-0.15, -0.1) is 0 Å². The van der Waals surface area contributed by atoms with Crippen LogP contribution in [0.5, 0.6) is 0 Å². The van der Waals surface area contributed by atoms with E-state index in [1.807, 2.05) is 20.8 Å². The van der Waals surface area contributed by atoms with Crippen molar-refractivity contribution < 1.29 is 9.47 Å². The van der Waals surface area contributed by atoms with E-state index < -0.39 is 11.3 Å². The van der Waals surface area contributed by atoms with Gasteiger partial charge in [-0.25, -0.2) is 4.99 Å². The summed E-state index contributed by atoms with van der Waals surface area (Å²) in [7, 11) is 0. The second kappa shape index (κ2) is 3.83. The van der Waals surface area contributed by atoms with Crippen LogP contribution in [0.1, 0.15) is 40.0 Å². The third-order valence-corrected chi connectivity index (χ3v) is 3.41. The Hall–Kier alpha value is -0.920. The summed E-state index contributed by atoms with van der Waals surface area (Å²) in [4.78, 5) is 4.51. The minimum absolute atomic E-state index is 0.0286. The number of nitriles is 1. The first kappa shape index (κ1) is 11.6. The van der Waals surface area contributed by atoms with E-state index in [0.717, 1.165) is 18.6 Å². The highest BCUT2D eigenvalue weighted by Gasteiger charge is 2.62. The molecule has 2 heterocycles. The van der Waals surface area contributed by atoms with Gasteiger partial charge in [0.05, 0.1) is 12.2 Å². The molecule has 0 aromatic carbocycles. The molecule has 0 aliphatic carbocycles. The van der Waals surface area contributed by atoms with Gasteiger partial charge in [0.25, 0.3) is 5.91 Å². The van der Waals surface area contributed by atoms with E-state index >= 15 is 0 Å². The first-order chi connectivity index (χ1) is 7.57. The fraction of sp³-hybridized carbons (Fsp3) is 0.833. The summed E-state index contributed by atoms with van der Waals surface area (Å²) in [5.74, 6) is -1.04.